The lowest BCUT2D eigenvalue weighted by Crippen LogP contribution is -2.41. The molecule has 1 N–H and O–H groups in total. The van der Waals surface area contributed by atoms with Gasteiger partial charge in [0.1, 0.15) is 0 Å². The number of piperidine rings is 1. The molecule has 0 saturated carbocycles. The van der Waals surface area contributed by atoms with Gasteiger partial charge in [0.15, 0.2) is 0 Å². The van der Waals surface area contributed by atoms with Crippen molar-refractivity contribution < 1.29 is 19.5 Å². The Bertz CT molecular complexity index is 525. The van der Waals surface area contributed by atoms with Crippen LogP contribution in [0.2, 0.25) is 0 Å². The fourth-order valence-corrected chi connectivity index (χ4v) is 2.24. The van der Waals surface area contributed by atoms with E-state index in [2.05, 4.69) is 15.9 Å². The van der Waals surface area contributed by atoms with Crippen LogP contribution in [0.4, 0.5) is 5.69 Å². The second kappa shape index (κ2) is 4.89. The van der Waals surface area contributed by atoms with E-state index < -0.39 is 5.97 Å². The van der Waals surface area contributed by atoms with Crippen LogP contribution in [0.1, 0.15) is 29.6 Å². The van der Waals surface area contributed by atoms with E-state index in [4.69, 9.17) is 5.11 Å². The zero-order valence-electron chi connectivity index (χ0n) is 9.35. The zero-order chi connectivity index (χ0) is 13.3. The van der Waals surface area contributed by atoms with Crippen LogP contribution in [-0.4, -0.2) is 22.9 Å². The standard InChI is InChI=1S/C12H10BrNO4/c13-7-4-5-8(12(17)18)9(6-7)14-10(15)2-1-3-11(14)16/h4-6H,1-3H2,(H,17,18). The second-order valence-electron chi connectivity index (χ2n) is 3.94. The highest BCUT2D eigenvalue weighted by molar-refractivity contribution is 9.10. The third-order valence-electron chi connectivity index (χ3n) is 2.71. The highest BCUT2D eigenvalue weighted by Crippen LogP contribution is 2.29. The van der Waals surface area contributed by atoms with Crippen molar-refractivity contribution in [1.82, 2.24) is 0 Å². The van der Waals surface area contributed by atoms with E-state index in [0.717, 1.165) is 4.90 Å². The first-order chi connectivity index (χ1) is 8.50. The summed E-state index contributed by atoms with van der Waals surface area (Å²) in [5.74, 6) is -1.87. The molecule has 1 aliphatic rings. The summed E-state index contributed by atoms with van der Waals surface area (Å²) in [5, 5.41) is 9.10. The average Bonchev–Trinajstić information content (AvgIpc) is 2.28. The first-order valence-electron chi connectivity index (χ1n) is 5.39. The molecule has 1 aromatic rings. The van der Waals surface area contributed by atoms with E-state index in [1.807, 2.05) is 0 Å². The van der Waals surface area contributed by atoms with Gasteiger partial charge in [-0.05, 0) is 24.6 Å². The Labute approximate surface area is 112 Å². The Balaban J connectivity index is 2.54. The van der Waals surface area contributed by atoms with E-state index in [9.17, 15) is 14.4 Å². The molecule has 1 fully saturated rings. The van der Waals surface area contributed by atoms with Crippen molar-refractivity contribution in [3.63, 3.8) is 0 Å². The second-order valence-corrected chi connectivity index (χ2v) is 4.86. The van der Waals surface area contributed by atoms with E-state index in [-0.39, 0.29) is 35.9 Å². The maximum Gasteiger partial charge on any atom is 0.337 e. The van der Waals surface area contributed by atoms with Crippen molar-refractivity contribution in [2.24, 2.45) is 0 Å². The number of hydrogen-bond donors (Lipinski definition) is 1. The molecule has 1 aromatic carbocycles. The van der Waals surface area contributed by atoms with Crippen LogP contribution in [0.15, 0.2) is 22.7 Å². The molecule has 0 bridgehead atoms. The summed E-state index contributed by atoms with van der Waals surface area (Å²) in [6.45, 7) is 0. The molecule has 0 atom stereocenters. The van der Waals surface area contributed by atoms with Gasteiger partial charge in [-0.1, -0.05) is 15.9 Å². The average molecular weight is 312 g/mol. The first-order valence-corrected chi connectivity index (χ1v) is 6.18. The highest BCUT2D eigenvalue weighted by atomic mass is 79.9. The Hall–Kier alpha value is -1.69. The third kappa shape index (κ3) is 2.28. The molecular weight excluding hydrogens is 302 g/mol. The van der Waals surface area contributed by atoms with Gasteiger partial charge >= 0.3 is 5.97 Å². The molecule has 0 aliphatic carbocycles. The fourth-order valence-electron chi connectivity index (χ4n) is 1.89. The van der Waals surface area contributed by atoms with E-state index >= 15 is 0 Å². The van der Waals surface area contributed by atoms with Crippen molar-refractivity contribution in [3.05, 3.63) is 28.2 Å². The molecule has 1 saturated heterocycles. The van der Waals surface area contributed by atoms with Gasteiger partial charge in [0, 0.05) is 17.3 Å². The summed E-state index contributed by atoms with van der Waals surface area (Å²) in [5.41, 5.74) is 0.0772. The van der Waals surface area contributed by atoms with Crippen LogP contribution in [-0.2, 0) is 9.59 Å². The van der Waals surface area contributed by atoms with Gasteiger partial charge in [-0.15, -0.1) is 0 Å². The number of carboxylic acid groups (broad SMARTS) is 1. The SMILES string of the molecule is O=C(O)c1ccc(Br)cc1N1C(=O)CCCC1=O. The Kier molecular flexibility index (Phi) is 3.47. The Morgan fingerprint density at radius 2 is 1.83 bits per heavy atom. The molecule has 0 unspecified atom stereocenters. The van der Waals surface area contributed by atoms with Crippen molar-refractivity contribution in [2.45, 2.75) is 19.3 Å². The maximum absolute atomic E-state index is 11.8. The molecule has 0 spiro atoms. The first kappa shape index (κ1) is 12.8. The largest absolute Gasteiger partial charge is 0.478 e. The predicted molar refractivity (Wildman–Crippen MR) is 67.4 cm³/mol. The fraction of sp³-hybridized carbons (Fsp3) is 0.250. The van der Waals surface area contributed by atoms with Gasteiger partial charge in [0.05, 0.1) is 11.3 Å². The normalized spacial score (nSPS) is 15.9. The van der Waals surface area contributed by atoms with Gasteiger partial charge in [0.25, 0.3) is 0 Å². The number of carbonyl (C=O) groups excluding carboxylic acids is 2. The number of anilines is 1. The van der Waals surface area contributed by atoms with Gasteiger partial charge in [-0.2, -0.15) is 0 Å². The van der Waals surface area contributed by atoms with E-state index in [0.29, 0.717) is 10.9 Å². The minimum Gasteiger partial charge on any atom is -0.478 e. The van der Waals surface area contributed by atoms with Crippen molar-refractivity contribution in [1.29, 1.82) is 0 Å². The number of halogens is 1. The lowest BCUT2D eigenvalue weighted by Gasteiger charge is -2.26. The van der Waals surface area contributed by atoms with Gasteiger partial charge < -0.3 is 5.11 Å². The maximum atomic E-state index is 11.8. The van der Waals surface area contributed by atoms with Gasteiger partial charge in [-0.3, -0.25) is 9.59 Å². The zero-order valence-corrected chi connectivity index (χ0v) is 10.9. The number of aromatic carboxylic acids is 1. The molecule has 5 nitrogen and oxygen atoms in total. The summed E-state index contributed by atoms with van der Waals surface area (Å²) in [6.07, 6.45) is 1.04. The van der Waals surface area contributed by atoms with Crippen LogP contribution in [0.3, 0.4) is 0 Å². The number of nitrogens with zero attached hydrogens (tertiary/aromatic N) is 1. The monoisotopic (exact) mass is 311 g/mol. The van der Waals surface area contributed by atoms with Crippen molar-refractivity contribution >= 4 is 39.4 Å². The lowest BCUT2D eigenvalue weighted by atomic mass is 10.1. The number of benzene rings is 1. The van der Waals surface area contributed by atoms with Gasteiger partial charge in [-0.25, -0.2) is 9.69 Å². The number of imide groups is 1. The van der Waals surface area contributed by atoms with Gasteiger partial charge in [0.2, 0.25) is 11.8 Å². The summed E-state index contributed by atoms with van der Waals surface area (Å²) in [6, 6.07) is 4.41. The van der Waals surface area contributed by atoms with Crippen LogP contribution in [0.5, 0.6) is 0 Å². The van der Waals surface area contributed by atoms with Crippen molar-refractivity contribution in [2.75, 3.05) is 4.90 Å². The van der Waals surface area contributed by atoms with Crippen molar-refractivity contribution in [3.8, 4) is 0 Å². The lowest BCUT2D eigenvalue weighted by molar-refractivity contribution is -0.129. The number of hydrogen-bond acceptors (Lipinski definition) is 3. The quantitative estimate of drug-likeness (QED) is 0.850. The minimum absolute atomic E-state index is 0.0539. The topological polar surface area (TPSA) is 74.7 Å². The number of rotatable bonds is 2. The van der Waals surface area contributed by atoms with E-state index in [1.54, 1.807) is 6.07 Å². The third-order valence-corrected chi connectivity index (χ3v) is 3.20. The molecule has 2 amide bonds. The van der Waals surface area contributed by atoms with Crippen LogP contribution < -0.4 is 4.90 Å². The number of carbonyl (C=O) groups is 3. The molecule has 18 heavy (non-hydrogen) atoms. The van der Waals surface area contributed by atoms with Crippen LogP contribution in [0.25, 0.3) is 0 Å². The predicted octanol–water partition coefficient (Wildman–Crippen LogP) is 2.19. The number of amides is 2. The molecule has 0 aromatic heterocycles. The molecule has 6 heteroatoms. The molecule has 1 heterocycles. The molecule has 0 radical (unpaired) electrons. The summed E-state index contributed by atoms with van der Waals surface area (Å²) in [4.78, 5) is 35.7. The highest BCUT2D eigenvalue weighted by Gasteiger charge is 2.30. The molecule has 1 aliphatic heterocycles. The Morgan fingerprint density at radius 3 is 2.39 bits per heavy atom. The smallest absolute Gasteiger partial charge is 0.337 e. The molecular formula is C12H10BrNO4. The van der Waals surface area contributed by atoms with Crippen LogP contribution in [0, 0.1) is 0 Å². The summed E-state index contributed by atoms with van der Waals surface area (Å²) < 4.78 is 0.619. The number of carboxylic acids is 1. The molecule has 94 valence electrons. The molecule has 2 rings (SSSR count). The van der Waals surface area contributed by atoms with Crippen LogP contribution >= 0.6 is 15.9 Å². The summed E-state index contributed by atoms with van der Waals surface area (Å²) in [7, 11) is 0. The van der Waals surface area contributed by atoms with E-state index in [1.165, 1.54) is 12.1 Å². The Morgan fingerprint density at radius 1 is 1.22 bits per heavy atom. The summed E-state index contributed by atoms with van der Waals surface area (Å²) >= 11 is 3.21. The minimum atomic E-state index is -1.16.